The van der Waals surface area contributed by atoms with E-state index in [-0.39, 0.29) is 25.0 Å². The van der Waals surface area contributed by atoms with Gasteiger partial charge in [-0.05, 0) is 30.2 Å². The van der Waals surface area contributed by atoms with Crippen LogP contribution in [0.5, 0.6) is 5.75 Å². The molecule has 3 rings (SSSR count). The second-order valence-electron chi connectivity index (χ2n) is 7.61. The summed E-state index contributed by atoms with van der Waals surface area (Å²) in [5, 5.41) is 0. The first-order chi connectivity index (χ1) is 13.8. The van der Waals surface area contributed by atoms with E-state index in [1.54, 1.807) is 36.3 Å². The minimum atomic E-state index is -0.785. The molecule has 9 heteroatoms. The first kappa shape index (κ1) is 20.8. The van der Waals surface area contributed by atoms with Gasteiger partial charge in [-0.1, -0.05) is 13.8 Å². The van der Waals surface area contributed by atoms with Gasteiger partial charge in [-0.2, -0.15) is 0 Å². The number of benzene rings is 1. The number of nitrogens with zero attached hydrogens (tertiary/aromatic N) is 4. The van der Waals surface area contributed by atoms with Crippen molar-refractivity contribution in [1.82, 2.24) is 19.6 Å². The van der Waals surface area contributed by atoms with Crippen molar-refractivity contribution in [3.63, 3.8) is 0 Å². The van der Waals surface area contributed by atoms with Crippen LogP contribution in [0, 0.1) is 5.92 Å². The van der Waals surface area contributed by atoms with Crippen molar-refractivity contribution < 1.29 is 23.9 Å². The first-order valence-electron chi connectivity index (χ1n) is 9.64. The van der Waals surface area contributed by atoms with E-state index in [1.165, 1.54) is 0 Å². The van der Waals surface area contributed by atoms with Gasteiger partial charge in [-0.15, -0.1) is 0 Å². The van der Waals surface area contributed by atoms with Crippen LogP contribution < -0.4 is 4.74 Å². The van der Waals surface area contributed by atoms with Crippen molar-refractivity contribution in [1.29, 1.82) is 0 Å². The van der Waals surface area contributed by atoms with E-state index in [0.29, 0.717) is 37.5 Å². The number of urea groups is 1. The van der Waals surface area contributed by atoms with Gasteiger partial charge >= 0.3 is 17.8 Å². The SMILES string of the molecule is COc1ccc(C(=O)N2CCN(CN3C(=O)C(=O)N(CC(C)C)C3=O)CC2)cc1. The molecule has 0 atom stereocenters. The highest BCUT2D eigenvalue weighted by Crippen LogP contribution is 2.17. The van der Waals surface area contributed by atoms with Crippen LogP contribution in [-0.2, 0) is 9.59 Å². The monoisotopic (exact) mass is 402 g/mol. The third-order valence-corrected chi connectivity index (χ3v) is 5.02. The normalized spacial score (nSPS) is 18.2. The minimum Gasteiger partial charge on any atom is -0.497 e. The summed E-state index contributed by atoms with van der Waals surface area (Å²) >= 11 is 0. The Morgan fingerprint density at radius 1 is 0.966 bits per heavy atom. The predicted molar refractivity (Wildman–Crippen MR) is 104 cm³/mol. The summed E-state index contributed by atoms with van der Waals surface area (Å²) in [5.74, 6) is -0.848. The van der Waals surface area contributed by atoms with Crippen LogP contribution in [0.3, 0.4) is 0 Å². The third kappa shape index (κ3) is 4.40. The molecule has 0 aliphatic carbocycles. The molecule has 2 aliphatic rings. The molecule has 0 bridgehead atoms. The zero-order valence-electron chi connectivity index (χ0n) is 17.0. The number of imide groups is 2. The number of carbonyl (C=O) groups is 4. The maximum absolute atomic E-state index is 12.6. The van der Waals surface area contributed by atoms with Crippen LogP contribution in [0.15, 0.2) is 24.3 Å². The number of methoxy groups -OCH3 is 1. The predicted octanol–water partition coefficient (Wildman–Crippen LogP) is 0.857. The highest BCUT2D eigenvalue weighted by molar-refractivity contribution is 6.44. The summed E-state index contributed by atoms with van der Waals surface area (Å²) in [6, 6.07) is 6.38. The Bertz CT molecular complexity index is 800. The van der Waals surface area contributed by atoms with Gasteiger partial charge in [-0.25, -0.2) is 9.69 Å². The molecule has 0 saturated carbocycles. The Hall–Kier alpha value is -2.94. The number of hydrogen-bond acceptors (Lipinski definition) is 6. The van der Waals surface area contributed by atoms with Crippen molar-refractivity contribution >= 4 is 23.8 Å². The second kappa shape index (κ2) is 8.60. The van der Waals surface area contributed by atoms with Crippen molar-refractivity contribution in [2.75, 3.05) is 46.5 Å². The molecule has 1 aromatic rings. The number of carbonyl (C=O) groups excluding carboxylic acids is 4. The molecule has 0 unspecified atom stereocenters. The molecule has 9 nitrogen and oxygen atoms in total. The molecule has 156 valence electrons. The Morgan fingerprint density at radius 2 is 1.55 bits per heavy atom. The van der Waals surface area contributed by atoms with Crippen LogP contribution in [0.2, 0.25) is 0 Å². The first-order valence-corrected chi connectivity index (χ1v) is 9.64. The number of piperazine rings is 1. The molecule has 1 aromatic carbocycles. The van der Waals surface area contributed by atoms with E-state index < -0.39 is 17.8 Å². The third-order valence-electron chi connectivity index (χ3n) is 5.02. The van der Waals surface area contributed by atoms with Gasteiger partial charge in [0, 0.05) is 38.3 Å². The highest BCUT2D eigenvalue weighted by Gasteiger charge is 2.45. The number of hydrogen-bond donors (Lipinski definition) is 0. The second-order valence-corrected chi connectivity index (χ2v) is 7.61. The fourth-order valence-corrected chi connectivity index (χ4v) is 3.41. The Kier molecular flexibility index (Phi) is 6.17. The van der Waals surface area contributed by atoms with Crippen molar-refractivity contribution in [2.24, 2.45) is 5.92 Å². The maximum atomic E-state index is 12.6. The molecule has 0 aromatic heterocycles. The molecule has 2 heterocycles. The summed E-state index contributed by atoms with van der Waals surface area (Å²) in [4.78, 5) is 55.0. The summed E-state index contributed by atoms with van der Waals surface area (Å²) in [6.07, 6.45) is 0. The van der Waals surface area contributed by atoms with Gasteiger partial charge in [0.1, 0.15) is 5.75 Å². The fraction of sp³-hybridized carbons (Fsp3) is 0.500. The Balaban J connectivity index is 1.55. The lowest BCUT2D eigenvalue weighted by Crippen LogP contribution is -2.52. The van der Waals surface area contributed by atoms with Crippen molar-refractivity contribution in [3.05, 3.63) is 29.8 Å². The van der Waals surface area contributed by atoms with Crippen molar-refractivity contribution in [3.8, 4) is 5.75 Å². The van der Waals surface area contributed by atoms with E-state index >= 15 is 0 Å². The summed E-state index contributed by atoms with van der Waals surface area (Å²) in [5.41, 5.74) is 0.582. The summed E-state index contributed by atoms with van der Waals surface area (Å²) < 4.78 is 5.11. The molecule has 5 amide bonds. The van der Waals surface area contributed by atoms with Crippen LogP contribution >= 0.6 is 0 Å². The number of rotatable bonds is 6. The van der Waals surface area contributed by atoms with Gasteiger partial charge in [0.05, 0.1) is 13.8 Å². The standard InChI is InChI=1S/C20H26N4O5/c1-14(2)12-23-18(26)19(27)24(20(23)28)13-21-8-10-22(11-9-21)17(25)15-4-6-16(29-3)7-5-15/h4-7,14H,8-13H2,1-3H3. The molecule has 2 aliphatic heterocycles. The summed E-state index contributed by atoms with van der Waals surface area (Å²) in [7, 11) is 1.57. The molecule has 0 spiro atoms. The molecule has 2 fully saturated rings. The van der Waals surface area contributed by atoms with E-state index in [4.69, 9.17) is 4.74 Å². The fourth-order valence-electron chi connectivity index (χ4n) is 3.41. The lowest BCUT2D eigenvalue weighted by Gasteiger charge is -2.36. The van der Waals surface area contributed by atoms with Crippen molar-refractivity contribution in [2.45, 2.75) is 13.8 Å². The molecular weight excluding hydrogens is 376 g/mol. The minimum absolute atomic E-state index is 0.0581. The van der Waals surface area contributed by atoms with E-state index in [1.807, 2.05) is 18.7 Å². The smallest absolute Gasteiger partial charge is 0.335 e. The molecule has 2 saturated heterocycles. The largest absolute Gasteiger partial charge is 0.497 e. The molecular formula is C20H26N4O5. The van der Waals surface area contributed by atoms with Gasteiger partial charge in [0.2, 0.25) is 0 Å². The Morgan fingerprint density at radius 3 is 2.10 bits per heavy atom. The average molecular weight is 402 g/mol. The van der Waals surface area contributed by atoms with Gasteiger partial charge in [-0.3, -0.25) is 24.2 Å². The lowest BCUT2D eigenvalue weighted by molar-refractivity contribution is -0.144. The Labute approximate surface area is 169 Å². The molecule has 0 N–H and O–H groups in total. The average Bonchev–Trinajstić information content (AvgIpc) is 2.92. The molecule has 29 heavy (non-hydrogen) atoms. The van der Waals surface area contributed by atoms with Gasteiger partial charge in [0.25, 0.3) is 5.91 Å². The topological polar surface area (TPSA) is 90.5 Å². The van der Waals surface area contributed by atoms with E-state index in [2.05, 4.69) is 0 Å². The van der Waals surface area contributed by atoms with Gasteiger partial charge < -0.3 is 9.64 Å². The van der Waals surface area contributed by atoms with Crippen LogP contribution in [0.1, 0.15) is 24.2 Å². The quantitative estimate of drug-likeness (QED) is 0.518. The van der Waals surface area contributed by atoms with E-state index in [0.717, 1.165) is 9.80 Å². The maximum Gasteiger partial charge on any atom is 0.335 e. The lowest BCUT2D eigenvalue weighted by atomic mass is 10.1. The molecule has 0 radical (unpaired) electrons. The van der Waals surface area contributed by atoms with Crippen LogP contribution in [0.4, 0.5) is 4.79 Å². The number of ether oxygens (including phenoxy) is 1. The van der Waals surface area contributed by atoms with E-state index in [9.17, 15) is 19.2 Å². The zero-order chi connectivity index (χ0) is 21.1. The van der Waals surface area contributed by atoms with Crippen LogP contribution in [0.25, 0.3) is 0 Å². The zero-order valence-corrected chi connectivity index (χ0v) is 17.0. The van der Waals surface area contributed by atoms with Crippen LogP contribution in [-0.4, -0.2) is 89.9 Å². The van der Waals surface area contributed by atoms with Gasteiger partial charge in [0.15, 0.2) is 0 Å². The highest BCUT2D eigenvalue weighted by atomic mass is 16.5. The summed E-state index contributed by atoms with van der Waals surface area (Å²) in [6.45, 7) is 6.02. The number of amides is 5.